The lowest BCUT2D eigenvalue weighted by Gasteiger charge is -2.31. The van der Waals surface area contributed by atoms with Crippen LogP contribution in [0.4, 0.5) is 0 Å². The Bertz CT molecular complexity index is 246. The van der Waals surface area contributed by atoms with Crippen molar-refractivity contribution < 1.29 is 4.79 Å². The molecular formula is C10H14N2. The number of nitrogens with zero attached hydrogens (tertiary/aromatic N) is 2. The van der Waals surface area contributed by atoms with Gasteiger partial charge in [-0.15, -0.1) is 0 Å². The summed E-state index contributed by atoms with van der Waals surface area (Å²) in [7, 11) is 0. The molecule has 2 atom stereocenters. The second-order valence-corrected chi connectivity index (χ2v) is 5.08. The maximum Gasteiger partial charge on any atom is 0.263 e. The van der Waals surface area contributed by atoms with E-state index in [0.29, 0.717) is 5.41 Å². The first-order chi connectivity index (χ1) is 5.81. The van der Waals surface area contributed by atoms with Gasteiger partial charge in [0, 0.05) is 0 Å². The fourth-order valence-electron chi connectivity index (χ4n) is 4.15. The molecular weight excluding hydrogens is 148 g/mol. The van der Waals surface area contributed by atoms with E-state index in [4.69, 9.17) is 5.53 Å². The van der Waals surface area contributed by atoms with Gasteiger partial charge in [0.1, 0.15) is 0 Å². The van der Waals surface area contributed by atoms with Crippen LogP contribution in [-0.4, -0.2) is 11.0 Å². The van der Waals surface area contributed by atoms with Crippen LogP contribution in [0, 0.1) is 23.2 Å². The van der Waals surface area contributed by atoms with Crippen LogP contribution >= 0.6 is 0 Å². The summed E-state index contributed by atoms with van der Waals surface area (Å²) in [5, 5.41) is 0. The molecule has 0 amide bonds. The largest absolute Gasteiger partial charge is 0.362 e. The summed E-state index contributed by atoms with van der Waals surface area (Å²) in [6.07, 6.45) is 8.66. The number of rotatable bonds is 1. The van der Waals surface area contributed by atoms with Crippen molar-refractivity contribution in [1.29, 1.82) is 0 Å². The molecule has 4 bridgehead atoms. The summed E-state index contributed by atoms with van der Waals surface area (Å²) in [4.78, 5) is 3.26. The van der Waals surface area contributed by atoms with E-state index in [2.05, 4.69) is 4.79 Å². The first-order valence-electron chi connectivity index (χ1n) is 5.00. The average molecular weight is 162 g/mol. The van der Waals surface area contributed by atoms with Crippen molar-refractivity contribution in [3.8, 4) is 0 Å². The summed E-state index contributed by atoms with van der Waals surface area (Å²) >= 11 is 0. The molecule has 4 aliphatic carbocycles. The van der Waals surface area contributed by atoms with Gasteiger partial charge < -0.3 is 5.53 Å². The van der Waals surface area contributed by atoms with Gasteiger partial charge in [0.15, 0.2) is 0 Å². The zero-order chi connectivity index (χ0) is 8.18. The van der Waals surface area contributed by atoms with Crippen LogP contribution in [0.3, 0.4) is 0 Å². The molecule has 4 fully saturated rings. The Morgan fingerprint density at radius 2 is 1.83 bits per heavy atom. The van der Waals surface area contributed by atoms with E-state index in [0.717, 1.165) is 17.8 Å². The molecule has 2 heteroatoms. The van der Waals surface area contributed by atoms with Gasteiger partial charge >= 0.3 is 0 Å². The Labute approximate surface area is 72.6 Å². The summed E-state index contributed by atoms with van der Waals surface area (Å²) in [5.74, 6) is 2.91. The van der Waals surface area contributed by atoms with Crippen molar-refractivity contribution in [2.75, 3.05) is 0 Å². The Hall–Kier alpha value is -0.620. The summed E-state index contributed by atoms with van der Waals surface area (Å²) < 4.78 is 0. The van der Waals surface area contributed by atoms with Gasteiger partial charge in [-0.25, -0.2) is 0 Å². The van der Waals surface area contributed by atoms with E-state index in [-0.39, 0.29) is 0 Å². The lowest BCUT2D eigenvalue weighted by atomic mass is 9.70. The van der Waals surface area contributed by atoms with Crippen molar-refractivity contribution in [2.24, 2.45) is 23.2 Å². The third-order valence-electron chi connectivity index (χ3n) is 4.30. The molecule has 0 N–H and O–H groups in total. The lowest BCUT2D eigenvalue weighted by Crippen LogP contribution is -2.28. The minimum Gasteiger partial charge on any atom is -0.362 e. The van der Waals surface area contributed by atoms with Crippen molar-refractivity contribution in [1.82, 2.24) is 0 Å². The van der Waals surface area contributed by atoms with Crippen LogP contribution in [0.15, 0.2) is 0 Å². The third kappa shape index (κ3) is 0.714. The van der Waals surface area contributed by atoms with Crippen molar-refractivity contribution in [3.63, 3.8) is 0 Å². The van der Waals surface area contributed by atoms with E-state index in [1.807, 2.05) is 6.21 Å². The predicted octanol–water partition coefficient (Wildman–Crippen LogP) is 2.11. The van der Waals surface area contributed by atoms with Gasteiger partial charge in [-0.2, -0.15) is 4.79 Å². The van der Waals surface area contributed by atoms with Crippen molar-refractivity contribution >= 4 is 6.21 Å². The van der Waals surface area contributed by atoms with Crippen molar-refractivity contribution in [3.05, 3.63) is 5.53 Å². The predicted molar refractivity (Wildman–Crippen MR) is 45.7 cm³/mol. The Morgan fingerprint density at radius 1 is 1.17 bits per heavy atom. The number of hydrogen-bond donors (Lipinski definition) is 0. The molecule has 0 saturated heterocycles. The van der Waals surface area contributed by atoms with Crippen LogP contribution in [0.5, 0.6) is 0 Å². The minimum atomic E-state index is 0.325. The fourth-order valence-corrected chi connectivity index (χ4v) is 4.15. The maximum absolute atomic E-state index is 8.60. The third-order valence-corrected chi connectivity index (χ3v) is 4.30. The molecule has 2 nitrogen and oxygen atoms in total. The van der Waals surface area contributed by atoms with Gasteiger partial charge in [0.2, 0.25) is 0 Å². The van der Waals surface area contributed by atoms with Crippen LogP contribution < -0.4 is 0 Å². The molecule has 0 spiro atoms. The molecule has 64 valence electrons. The minimum absolute atomic E-state index is 0.325. The molecule has 2 unspecified atom stereocenters. The molecule has 0 aromatic rings. The summed E-state index contributed by atoms with van der Waals surface area (Å²) in [5.41, 5.74) is 8.93. The first kappa shape index (κ1) is 6.85. The quantitative estimate of drug-likeness (QED) is 0.322. The van der Waals surface area contributed by atoms with Crippen LogP contribution in [0.2, 0.25) is 0 Å². The Morgan fingerprint density at radius 3 is 2.33 bits per heavy atom. The standard InChI is InChI=1S/C10H14N2/c11-12-6-10-3-7-1-8(4-10)9(2-7)5-10/h6-9H,1-5H2. The van der Waals surface area contributed by atoms with Crippen LogP contribution in [0.25, 0.3) is 5.53 Å². The molecule has 0 aromatic carbocycles. The maximum atomic E-state index is 8.60. The topological polar surface area (TPSA) is 36.4 Å². The molecule has 4 aliphatic rings. The van der Waals surface area contributed by atoms with Gasteiger partial charge in [0.05, 0.1) is 5.41 Å². The van der Waals surface area contributed by atoms with Gasteiger partial charge in [-0.3, -0.25) is 0 Å². The zero-order valence-corrected chi connectivity index (χ0v) is 7.24. The van der Waals surface area contributed by atoms with Crippen LogP contribution in [0.1, 0.15) is 32.1 Å². The van der Waals surface area contributed by atoms with Gasteiger partial charge in [-0.05, 0) is 49.9 Å². The molecule has 4 rings (SSSR count). The van der Waals surface area contributed by atoms with Gasteiger partial charge in [-0.1, -0.05) is 0 Å². The number of hydrogen-bond acceptors (Lipinski definition) is 0. The van der Waals surface area contributed by atoms with E-state index in [1.54, 1.807) is 0 Å². The summed E-state index contributed by atoms with van der Waals surface area (Å²) in [6.45, 7) is 0. The monoisotopic (exact) mass is 162 g/mol. The second kappa shape index (κ2) is 2.00. The smallest absolute Gasteiger partial charge is 0.263 e. The molecule has 0 aromatic heterocycles. The Kier molecular flexibility index (Phi) is 1.14. The molecule has 0 heterocycles. The van der Waals surface area contributed by atoms with Gasteiger partial charge in [0.25, 0.3) is 6.21 Å². The van der Waals surface area contributed by atoms with E-state index < -0.39 is 0 Å². The van der Waals surface area contributed by atoms with E-state index in [9.17, 15) is 0 Å². The average Bonchev–Trinajstić information content (AvgIpc) is 2.38. The van der Waals surface area contributed by atoms with Crippen molar-refractivity contribution in [2.45, 2.75) is 32.1 Å². The highest BCUT2D eigenvalue weighted by Gasteiger charge is 2.57. The SMILES string of the molecule is [N-]=[N+]=CC12CC3CC(C1)C(C3)C2. The second-order valence-electron chi connectivity index (χ2n) is 5.08. The van der Waals surface area contributed by atoms with Crippen LogP contribution in [-0.2, 0) is 0 Å². The molecule has 0 aliphatic heterocycles. The van der Waals surface area contributed by atoms with E-state index in [1.165, 1.54) is 32.1 Å². The highest BCUT2D eigenvalue weighted by atomic mass is 14.8. The molecule has 12 heavy (non-hydrogen) atoms. The highest BCUT2D eigenvalue weighted by molar-refractivity contribution is 5.61. The molecule has 0 radical (unpaired) electrons. The van der Waals surface area contributed by atoms with E-state index >= 15 is 0 Å². The normalized spacial score (nSPS) is 54.2. The highest BCUT2D eigenvalue weighted by Crippen LogP contribution is 2.63. The zero-order valence-electron chi connectivity index (χ0n) is 7.24. The Balaban J connectivity index is 1.98. The lowest BCUT2D eigenvalue weighted by molar-refractivity contribution is -0.0153. The fraction of sp³-hybridized carbons (Fsp3) is 0.900. The summed E-state index contributed by atoms with van der Waals surface area (Å²) in [6, 6.07) is 0. The molecule has 4 saturated carbocycles. The first-order valence-corrected chi connectivity index (χ1v) is 5.00.